The van der Waals surface area contributed by atoms with E-state index in [1.54, 1.807) is 6.07 Å². The van der Waals surface area contributed by atoms with E-state index < -0.39 is 0 Å². The Kier molecular flexibility index (Phi) is 4.77. The number of aromatic nitrogens is 4. The lowest BCUT2D eigenvalue weighted by molar-refractivity contribution is 0.0947. The molecule has 6 heteroatoms. The molecule has 0 aliphatic rings. The van der Waals surface area contributed by atoms with Gasteiger partial charge >= 0.3 is 0 Å². The molecular weight excluding hydrogens is 266 g/mol. The molecule has 2 aromatic heterocycles. The van der Waals surface area contributed by atoms with Gasteiger partial charge in [0.25, 0.3) is 5.91 Å². The van der Waals surface area contributed by atoms with Gasteiger partial charge in [-0.25, -0.2) is 0 Å². The van der Waals surface area contributed by atoms with Crippen LogP contribution in [0.4, 0.5) is 0 Å². The minimum Gasteiger partial charge on any atom is -0.351 e. The Bertz CT molecular complexity index is 611. The zero-order valence-corrected chi connectivity index (χ0v) is 13.1. The second-order valence-corrected chi connectivity index (χ2v) is 5.62. The molecule has 0 bridgehead atoms. The maximum absolute atomic E-state index is 11.9. The molecule has 6 nitrogen and oxygen atoms in total. The third kappa shape index (κ3) is 3.93. The van der Waals surface area contributed by atoms with Gasteiger partial charge in [-0.05, 0) is 38.3 Å². The highest BCUT2D eigenvalue weighted by molar-refractivity contribution is 5.92. The van der Waals surface area contributed by atoms with Crippen LogP contribution in [0.1, 0.15) is 53.8 Å². The van der Waals surface area contributed by atoms with Crippen LogP contribution >= 0.6 is 0 Å². The van der Waals surface area contributed by atoms with Crippen LogP contribution in [-0.2, 0) is 6.54 Å². The fourth-order valence-electron chi connectivity index (χ4n) is 2.17. The van der Waals surface area contributed by atoms with Gasteiger partial charge < -0.3 is 5.32 Å². The number of aryl methyl sites for hydroxylation is 3. The first-order valence-corrected chi connectivity index (χ1v) is 7.32. The van der Waals surface area contributed by atoms with Gasteiger partial charge in [-0.2, -0.15) is 10.2 Å². The molecule has 0 atom stereocenters. The van der Waals surface area contributed by atoms with E-state index in [1.807, 2.05) is 18.5 Å². The molecule has 2 aromatic rings. The Hall–Kier alpha value is -2.11. The Morgan fingerprint density at radius 3 is 2.71 bits per heavy atom. The predicted molar refractivity (Wildman–Crippen MR) is 81.3 cm³/mol. The number of H-pyrrole nitrogens is 1. The van der Waals surface area contributed by atoms with Crippen molar-refractivity contribution in [2.45, 2.75) is 46.6 Å². The zero-order chi connectivity index (χ0) is 15.4. The molecule has 114 valence electrons. The van der Waals surface area contributed by atoms with E-state index in [9.17, 15) is 4.79 Å². The first kappa shape index (κ1) is 15.3. The van der Waals surface area contributed by atoms with E-state index in [2.05, 4.69) is 40.5 Å². The minimum absolute atomic E-state index is 0.133. The molecule has 0 aliphatic carbocycles. The number of nitrogens with zero attached hydrogens (tertiary/aromatic N) is 3. The fourth-order valence-corrected chi connectivity index (χ4v) is 2.17. The Morgan fingerprint density at radius 2 is 2.14 bits per heavy atom. The molecule has 1 amide bonds. The SMILES string of the molecule is Cc1cc(C)n(CCCNC(=O)c2cc(C(C)C)[nH]n2)n1. The van der Waals surface area contributed by atoms with Crippen molar-refractivity contribution in [2.75, 3.05) is 6.54 Å². The largest absolute Gasteiger partial charge is 0.351 e. The van der Waals surface area contributed by atoms with E-state index in [4.69, 9.17) is 0 Å². The topological polar surface area (TPSA) is 75.6 Å². The normalized spacial score (nSPS) is 11.1. The number of hydrogen-bond donors (Lipinski definition) is 2. The van der Waals surface area contributed by atoms with Crippen LogP contribution < -0.4 is 5.32 Å². The molecule has 0 spiro atoms. The van der Waals surface area contributed by atoms with Crippen LogP contribution in [0.25, 0.3) is 0 Å². The fraction of sp³-hybridized carbons (Fsp3) is 0.533. The third-order valence-corrected chi connectivity index (χ3v) is 3.39. The van der Waals surface area contributed by atoms with Gasteiger partial charge in [0.2, 0.25) is 0 Å². The Labute approximate surface area is 124 Å². The molecular formula is C15H23N5O. The highest BCUT2D eigenvalue weighted by Crippen LogP contribution is 2.11. The average molecular weight is 289 g/mol. The van der Waals surface area contributed by atoms with Crippen molar-refractivity contribution in [1.29, 1.82) is 0 Å². The average Bonchev–Trinajstić information content (AvgIpc) is 3.02. The van der Waals surface area contributed by atoms with Crippen molar-refractivity contribution in [1.82, 2.24) is 25.3 Å². The summed E-state index contributed by atoms with van der Waals surface area (Å²) in [6.07, 6.45) is 0.842. The van der Waals surface area contributed by atoms with Crippen LogP contribution in [0.2, 0.25) is 0 Å². The monoisotopic (exact) mass is 289 g/mol. The summed E-state index contributed by atoms with van der Waals surface area (Å²) in [5, 5.41) is 14.2. The highest BCUT2D eigenvalue weighted by Gasteiger charge is 2.11. The summed E-state index contributed by atoms with van der Waals surface area (Å²) in [5.74, 6) is 0.205. The number of nitrogens with one attached hydrogen (secondary N) is 2. The zero-order valence-electron chi connectivity index (χ0n) is 13.1. The molecule has 0 fully saturated rings. The summed E-state index contributed by atoms with van der Waals surface area (Å²) in [7, 11) is 0. The van der Waals surface area contributed by atoms with Crippen LogP contribution in [0.3, 0.4) is 0 Å². The van der Waals surface area contributed by atoms with Crippen molar-refractivity contribution >= 4 is 5.91 Å². The second-order valence-electron chi connectivity index (χ2n) is 5.62. The number of carbonyl (C=O) groups is 1. The summed E-state index contributed by atoms with van der Waals surface area (Å²) >= 11 is 0. The van der Waals surface area contributed by atoms with E-state index in [0.717, 1.165) is 30.0 Å². The van der Waals surface area contributed by atoms with Gasteiger partial charge in [0.15, 0.2) is 0 Å². The molecule has 21 heavy (non-hydrogen) atoms. The lowest BCUT2D eigenvalue weighted by atomic mass is 10.1. The molecule has 0 saturated carbocycles. The number of aromatic amines is 1. The first-order valence-electron chi connectivity index (χ1n) is 7.32. The van der Waals surface area contributed by atoms with E-state index >= 15 is 0 Å². The Balaban J connectivity index is 1.77. The van der Waals surface area contributed by atoms with Crippen molar-refractivity contribution in [2.24, 2.45) is 0 Å². The molecule has 0 aliphatic heterocycles. The van der Waals surface area contributed by atoms with Crippen LogP contribution in [-0.4, -0.2) is 32.4 Å². The first-order chi connectivity index (χ1) is 9.97. The lowest BCUT2D eigenvalue weighted by Crippen LogP contribution is -2.25. The van der Waals surface area contributed by atoms with Crippen molar-refractivity contribution in [3.8, 4) is 0 Å². The molecule has 2 rings (SSSR count). The van der Waals surface area contributed by atoms with E-state index in [1.165, 1.54) is 0 Å². The molecule has 0 aromatic carbocycles. The molecule has 0 radical (unpaired) electrons. The van der Waals surface area contributed by atoms with Crippen LogP contribution in [0, 0.1) is 13.8 Å². The standard InChI is InChI=1S/C15H23N5O/c1-10(2)13-9-14(18-17-13)15(21)16-6-5-7-20-12(4)8-11(3)19-20/h8-10H,5-7H2,1-4H3,(H,16,21)(H,17,18). The summed E-state index contributed by atoms with van der Waals surface area (Å²) in [6, 6.07) is 3.86. The number of amides is 1. The van der Waals surface area contributed by atoms with Gasteiger partial charge in [-0.3, -0.25) is 14.6 Å². The Morgan fingerprint density at radius 1 is 1.38 bits per heavy atom. The molecule has 0 saturated heterocycles. The summed E-state index contributed by atoms with van der Waals surface area (Å²) < 4.78 is 1.97. The van der Waals surface area contributed by atoms with Crippen LogP contribution in [0.5, 0.6) is 0 Å². The lowest BCUT2D eigenvalue weighted by Gasteiger charge is -2.05. The molecule has 0 unspecified atom stereocenters. The van der Waals surface area contributed by atoms with Gasteiger partial charge in [0, 0.05) is 24.5 Å². The number of carbonyl (C=O) groups excluding carboxylic acids is 1. The van der Waals surface area contributed by atoms with Gasteiger partial charge in [-0.15, -0.1) is 0 Å². The predicted octanol–water partition coefficient (Wildman–Crippen LogP) is 2.17. The van der Waals surface area contributed by atoms with Gasteiger partial charge in [-0.1, -0.05) is 13.8 Å². The third-order valence-electron chi connectivity index (χ3n) is 3.39. The summed E-state index contributed by atoms with van der Waals surface area (Å²) in [4.78, 5) is 11.9. The number of rotatable bonds is 6. The smallest absolute Gasteiger partial charge is 0.271 e. The van der Waals surface area contributed by atoms with E-state index in [-0.39, 0.29) is 5.91 Å². The minimum atomic E-state index is -0.133. The van der Waals surface area contributed by atoms with E-state index in [0.29, 0.717) is 18.2 Å². The summed E-state index contributed by atoms with van der Waals surface area (Å²) in [5.41, 5.74) is 3.59. The summed E-state index contributed by atoms with van der Waals surface area (Å²) in [6.45, 7) is 9.55. The molecule has 2 N–H and O–H groups in total. The van der Waals surface area contributed by atoms with Crippen molar-refractivity contribution < 1.29 is 4.79 Å². The maximum Gasteiger partial charge on any atom is 0.271 e. The van der Waals surface area contributed by atoms with Crippen LogP contribution in [0.15, 0.2) is 12.1 Å². The van der Waals surface area contributed by atoms with Gasteiger partial charge in [0.05, 0.1) is 5.69 Å². The van der Waals surface area contributed by atoms with Crippen molar-refractivity contribution in [3.63, 3.8) is 0 Å². The van der Waals surface area contributed by atoms with Crippen molar-refractivity contribution in [3.05, 3.63) is 34.9 Å². The number of hydrogen-bond acceptors (Lipinski definition) is 3. The van der Waals surface area contributed by atoms with Gasteiger partial charge in [0.1, 0.15) is 5.69 Å². The second kappa shape index (κ2) is 6.56. The maximum atomic E-state index is 11.9. The molecule has 2 heterocycles. The quantitative estimate of drug-likeness (QED) is 0.800. The highest BCUT2D eigenvalue weighted by atomic mass is 16.1.